The Morgan fingerprint density at radius 3 is 1.71 bits per heavy atom. The van der Waals surface area contributed by atoms with Gasteiger partial charge in [0.1, 0.15) is 5.57 Å². The summed E-state index contributed by atoms with van der Waals surface area (Å²) in [7, 11) is 4.77. The number of ketones is 1. The number of hydrogen-bond acceptors (Lipinski definition) is 8. The highest BCUT2D eigenvalue weighted by atomic mass is 16.9. The first-order valence-corrected chi connectivity index (χ1v) is 9.87. The first-order chi connectivity index (χ1) is 14.1. The summed E-state index contributed by atoms with van der Waals surface area (Å²) < 4.78 is 26.8. The third kappa shape index (κ3) is 3.88. The third-order valence-corrected chi connectivity index (χ3v) is 5.45. The molecular formula is C23H32O8. The molecule has 0 aromatic heterocycles. The molecule has 0 aromatic carbocycles. The van der Waals surface area contributed by atoms with Gasteiger partial charge in [-0.15, -0.1) is 0 Å². The largest absolute Gasteiger partial charge is 0.466 e. The van der Waals surface area contributed by atoms with Crippen LogP contribution in [0.15, 0.2) is 34.4 Å². The molecule has 8 heteroatoms. The average Bonchev–Trinajstić information content (AvgIpc) is 2.98. The van der Waals surface area contributed by atoms with Crippen LogP contribution in [0.2, 0.25) is 0 Å². The molecule has 0 N–H and O–H groups in total. The van der Waals surface area contributed by atoms with Crippen LogP contribution in [0, 0.1) is 10.8 Å². The maximum Gasteiger partial charge on any atom is 0.342 e. The van der Waals surface area contributed by atoms with E-state index in [1.807, 2.05) is 47.6 Å². The van der Waals surface area contributed by atoms with E-state index < -0.39 is 40.1 Å². The van der Waals surface area contributed by atoms with Gasteiger partial charge in [-0.25, -0.2) is 9.59 Å². The first kappa shape index (κ1) is 25.0. The summed E-state index contributed by atoms with van der Waals surface area (Å²) in [6.45, 7) is 11.6. The van der Waals surface area contributed by atoms with Gasteiger partial charge in [0.2, 0.25) is 0 Å². The molecule has 172 valence electrons. The van der Waals surface area contributed by atoms with E-state index in [0.717, 1.165) is 19.8 Å². The lowest BCUT2D eigenvalue weighted by molar-refractivity contribution is -0.342. The van der Waals surface area contributed by atoms with Crippen LogP contribution >= 0.6 is 0 Å². The second-order valence-corrected chi connectivity index (χ2v) is 9.52. The summed E-state index contributed by atoms with van der Waals surface area (Å²) in [4.78, 5) is 39.7. The molecule has 0 saturated carbocycles. The fourth-order valence-corrected chi connectivity index (χ4v) is 3.71. The predicted molar refractivity (Wildman–Crippen MR) is 112 cm³/mol. The van der Waals surface area contributed by atoms with Crippen molar-refractivity contribution in [3.05, 3.63) is 34.4 Å². The van der Waals surface area contributed by atoms with E-state index in [-0.39, 0.29) is 11.1 Å². The lowest BCUT2D eigenvalue weighted by Crippen LogP contribution is -2.50. The van der Waals surface area contributed by atoms with Gasteiger partial charge in [0.05, 0.1) is 19.8 Å². The van der Waals surface area contributed by atoms with Gasteiger partial charge >= 0.3 is 17.9 Å². The molecule has 1 aliphatic carbocycles. The molecule has 0 amide bonds. The van der Waals surface area contributed by atoms with E-state index in [0.29, 0.717) is 5.57 Å². The summed E-state index contributed by atoms with van der Waals surface area (Å²) in [6, 6.07) is 0. The van der Waals surface area contributed by atoms with Gasteiger partial charge in [-0.05, 0) is 22.5 Å². The Morgan fingerprint density at radius 2 is 1.32 bits per heavy atom. The SMILES string of the molecule is COC(=O)C1=C(C(=O)OC)C2(C=C(C(C)(C)C)C=C(C(C)(C)C)C2=O)OC1(OC)OC. The van der Waals surface area contributed by atoms with Gasteiger partial charge in [0.15, 0.2) is 11.4 Å². The minimum absolute atomic E-state index is 0.327. The Balaban J connectivity index is 3.04. The fraction of sp³-hybridized carbons (Fsp3) is 0.609. The van der Waals surface area contributed by atoms with Crippen molar-refractivity contribution in [3.63, 3.8) is 0 Å². The van der Waals surface area contributed by atoms with E-state index in [9.17, 15) is 14.4 Å². The molecule has 0 fully saturated rings. The molecule has 8 nitrogen and oxygen atoms in total. The minimum Gasteiger partial charge on any atom is -0.466 e. The highest BCUT2D eigenvalue weighted by Gasteiger charge is 2.66. The molecule has 31 heavy (non-hydrogen) atoms. The second kappa shape index (κ2) is 8.00. The van der Waals surface area contributed by atoms with Crippen LogP contribution in [-0.4, -0.2) is 57.7 Å². The highest BCUT2D eigenvalue weighted by Crippen LogP contribution is 2.52. The molecule has 1 heterocycles. The predicted octanol–water partition coefficient (Wildman–Crippen LogP) is 2.87. The molecule has 1 unspecified atom stereocenters. The van der Waals surface area contributed by atoms with Gasteiger partial charge in [0.25, 0.3) is 0 Å². The van der Waals surface area contributed by atoms with Crippen molar-refractivity contribution in [1.82, 2.24) is 0 Å². The topological polar surface area (TPSA) is 97.4 Å². The molecule has 0 aromatic rings. The Hall–Kier alpha value is -2.29. The van der Waals surface area contributed by atoms with E-state index in [2.05, 4.69) is 0 Å². The molecular weight excluding hydrogens is 404 g/mol. The quantitative estimate of drug-likeness (QED) is 0.490. The third-order valence-electron chi connectivity index (χ3n) is 5.45. The van der Waals surface area contributed by atoms with E-state index in [1.165, 1.54) is 14.2 Å². The summed E-state index contributed by atoms with van der Waals surface area (Å²) in [6.07, 6.45) is 3.35. The van der Waals surface area contributed by atoms with Gasteiger partial charge in [0, 0.05) is 19.8 Å². The minimum atomic E-state index is -2.15. The summed E-state index contributed by atoms with van der Waals surface area (Å²) >= 11 is 0. The molecule has 2 aliphatic rings. The highest BCUT2D eigenvalue weighted by molar-refractivity contribution is 6.17. The normalized spacial score (nSPS) is 23.6. The Kier molecular flexibility index (Phi) is 6.45. The van der Waals surface area contributed by atoms with Crippen LogP contribution in [0.4, 0.5) is 0 Å². The van der Waals surface area contributed by atoms with Crippen molar-refractivity contribution in [2.24, 2.45) is 10.8 Å². The monoisotopic (exact) mass is 436 g/mol. The zero-order valence-corrected chi connectivity index (χ0v) is 19.9. The summed E-state index contributed by atoms with van der Waals surface area (Å²) in [5.74, 6) is -4.52. The summed E-state index contributed by atoms with van der Waals surface area (Å²) in [5, 5.41) is 0. The van der Waals surface area contributed by atoms with Crippen LogP contribution < -0.4 is 0 Å². The molecule has 0 radical (unpaired) electrons. The van der Waals surface area contributed by atoms with E-state index in [1.54, 1.807) is 6.08 Å². The first-order valence-electron chi connectivity index (χ1n) is 9.87. The van der Waals surface area contributed by atoms with Gasteiger partial charge in [-0.3, -0.25) is 9.53 Å². The molecule has 1 aliphatic heterocycles. The number of Topliss-reactive ketones (excluding diaryl/α,β-unsaturated/α-hetero) is 1. The maximum atomic E-state index is 13.9. The smallest absolute Gasteiger partial charge is 0.342 e. The molecule has 1 atom stereocenters. The number of carbonyl (C=O) groups is 3. The van der Waals surface area contributed by atoms with Crippen LogP contribution in [0.5, 0.6) is 0 Å². The van der Waals surface area contributed by atoms with Gasteiger partial charge < -0.3 is 18.9 Å². The Labute approximate surface area is 183 Å². The van der Waals surface area contributed by atoms with E-state index >= 15 is 0 Å². The zero-order chi connectivity index (χ0) is 24.0. The molecule has 1 spiro atoms. The molecule has 0 bridgehead atoms. The Morgan fingerprint density at radius 1 is 0.839 bits per heavy atom. The van der Waals surface area contributed by atoms with Crippen LogP contribution in [0.25, 0.3) is 0 Å². The van der Waals surface area contributed by atoms with Crippen molar-refractivity contribution in [1.29, 1.82) is 0 Å². The van der Waals surface area contributed by atoms with Gasteiger partial charge in [-0.1, -0.05) is 47.6 Å². The number of carbonyl (C=O) groups excluding carboxylic acids is 3. The van der Waals surface area contributed by atoms with Crippen LogP contribution in [0.3, 0.4) is 0 Å². The number of allylic oxidation sites excluding steroid dienone is 2. The van der Waals surface area contributed by atoms with Crippen molar-refractivity contribution >= 4 is 17.7 Å². The number of rotatable bonds is 4. The number of esters is 2. The van der Waals surface area contributed by atoms with Crippen molar-refractivity contribution in [3.8, 4) is 0 Å². The van der Waals surface area contributed by atoms with Crippen molar-refractivity contribution < 1.29 is 38.1 Å². The lowest BCUT2D eigenvalue weighted by atomic mass is 9.68. The van der Waals surface area contributed by atoms with Crippen molar-refractivity contribution in [2.75, 3.05) is 28.4 Å². The van der Waals surface area contributed by atoms with Gasteiger partial charge in [-0.2, -0.15) is 0 Å². The van der Waals surface area contributed by atoms with E-state index in [4.69, 9.17) is 23.7 Å². The van der Waals surface area contributed by atoms with Crippen molar-refractivity contribution in [2.45, 2.75) is 53.1 Å². The standard InChI is InChI=1S/C23H32O8/c1-20(2,3)13-11-14(21(4,5)6)17(24)22(12-13)15(18(25)27-7)16(19(26)28-8)23(29-9,30-10)31-22/h11-12H,1-10H3. The van der Waals surface area contributed by atoms with Crippen LogP contribution in [0.1, 0.15) is 41.5 Å². The molecule has 2 rings (SSSR count). The zero-order valence-electron chi connectivity index (χ0n) is 19.9. The van der Waals surface area contributed by atoms with Crippen LogP contribution in [-0.2, 0) is 38.1 Å². The Bertz CT molecular complexity index is 888. The summed E-state index contributed by atoms with van der Waals surface area (Å²) in [5.41, 5.74) is -2.53. The lowest BCUT2D eigenvalue weighted by Gasteiger charge is -2.39. The second-order valence-electron chi connectivity index (χ2n) is 9.52. The average molecular weight is 437 g/mol. The fourth-order valence-electron chi connectivity index (χ4n) is 3.71. The number of hydrogen-bond donors (Lipinski definition) is 0. The number of methoxy groups -OCH3 is 4. The number of ether oxygens (including phenoxy) is 5. The molecule has 0 saturated heterocycles. The maximum absolute atomic E-state index is 13.9.